The number of alkyl halides is 3. The second-order valence-electron chi connectivity index (χ2n) is 5.34. The Morgan fingerprint density at radius 3 is 2.52 bits per heavy atom. The SMILES string of the molecule is CC(C)[C@H](NC(=O)c1n[nH]c(=O)[nH]1)c1cccc(C(F)(F)F)c1. The lowest BCUT2D eigenvalue weighted by molar-refractivity contribution is -0.137. The summed E-state index contributed by atoms with van der Waals surface area (Å²) in [6.45, 7) is 3.52. The van der Waals surface area contributed by atoms with Gasteiger partial charge in [0.1, 0.15) is 0 Å². The minimum Gasteiger partial charge on any atom is -0.342 e. The fraction of sp³-hybridized carbons (Fsp3) is 0.357. The predicted octanol–water partition coefficient (Wildman–Crippen LogP) is 2.24. The number of nitrogens with zero attached hydrogens (tertiary/aromatic N) is 1. The second kappa shape index (κ2) is 6.27. The standard InChI is InChI=1S/C14H15F3N4O2/c1-7(2)10(18-12(22)11-19-13(23)21-20-11)8-4-3-5-9(6-8)14(15,16)17/h3-7,10H,1-2H3,(H,18,22)(H2,19,20,21,23)/t10-/m0/s1. The number of amides is 1. The van der Waals surface area contributed by atoms with E-state index in [9.17, 15) is 22.8 Å². The molecular formula is C14H15F3N4O2. The Bertz CT molecular complexity index is 749. The van der Waals surface area contributed by atoms with Gasteiger partial charge < -0.3 is 5.32 Å². The Morgan fingerprint density at radius 1 is 1.30 bits per heavy atom. The van der Waals surface area contributed by atoms with Crippen LogP contribution in [0.2, 0.25) is 0 Å². The number of carbonyl (C=O) groups is 1. The van der Waals surface area contributed by atoms with E-state index in [0.29, 0.717) is 5.56 Å². The first-order valence-electron chi connectivity index (χ1n) is 6.81. The fourth-order valence-corrected chi connectivity index (χ4v) is 2.13. The first kappa shape index (κ1) is 16.8. The zero-order valence-corrected chi connectivity index (χ0v) is 12.4. The average Bonchev–Trinajstić information content (AvgIpc) is 2.90. The molecule has 1 amide bonds. The van der Waals surface area contributed by atoms with Gasteiger partial charge in [0.15, 0.2) is 0 Å². The molecule has 0 aliphatic rings. The van der Waals surface area contributed by atoms with E-state index < -0.39 is 29.4 Å². The van der Waals surface area contributed by atoms with Crippen LogP contribution in [0, 0.1) is 5.92 Å². The zero-order chi connectivity index (χ0) is 17.2. The summed E-state index contributed by atoms with van der Waals surface area (Å²) in [6.07, 6.45) is -4.46. The summed E-state index contributed by atoms with van der Waals surface area (Å²) in [4.78, 5) is 25.2. The number of benzene rings is 1. The summed E-state index contributed by atoms with van der Waals surface area (Å²) in [5.41, 5.74) is -1.11. The van der Waals surface area contributed by atoms with Crippen molar-refractivity contribution in [2.24, 2.45) is 5.92 Å². The normalized spacial score (nSPS) is 13.1. The molecule has 0 fully saturated rings. The van der Waals surface area contributed by atoms with E-state index in [1.165, 1.54) is 12.1 Å². The minimum atomic E-state index is -4.46. The lowest BCUT2D eigenvalue weighted by atomic mass is 9.94. The monoisotopic (exact) mass is 328 g/mol. The number of nitrogens with one attached hydrogen (secondary N) is 3. The second-order valence-corrected chi connectivity index (χ2v) is 5.34. The molecule has 3 N–H and O–H groups in total. The van der Waals surface area contributed by atoms with Crippen molar-refractivity contribution in [3.8, 4) is 0 Å². The smallest absolute Gasteiger partial charge is 0.342 e. The van der Waals surface area contributed by atoms with Crippen molar-refractivity contribution in [3.63, 3.8) is 0 Å². The van der Waals surface area contributed by atoms with E-state index in [1.54, 1.807) is 13.8 Å². The van der Waals surface area contributed by atoms with Crippen molar-refractivity contribution in [3.05, 3.63) is 51.7 Å². The minimum absolute atomic E-state index is 0.173. The summed E-state index contributed by atoms with van der Waals surface area (Å²) in [5, 5.41) is 8.13. The van der Waals surface area contributed by atoms with Crippen LogP contribution in [-0.2, 0) is 6.18 Å². The van der Waals surface area contributed by atoms with Gasteiger partial charge in [0.2, 0.25) is 5.82 Å². The first-order valence-corrected chi connectivity index (χ1v) is 6.81. The molecule has 0 bridgehead atoms. The van der Waals surface area contributed by atoms with Gasteiger partial charge in [-0.3, -0.25) is 9.78 Å². The summed E-state index contributed by atoms with van der Waals surface area (Å²) in [5.74, 6) is -1.08. The third-order valence-electron chi connectivity index (χ3n) is 3.24. The highest BCUT2D eigenvalue weighted by Crippen LogP contribution is 2.32. The van der Waals surface area contributed by atoms with Crippen LogP contribution in [0.15, 0.2) is 29.1 Å². The maximum Gasteiger partial charge on any atom is 0.416 e. The zero-order valence-electron chi connectivity index (χ0n) is 12.4. The number of carbonyl (C=O) groups excluding carboxylic acids is 1. The van der Waals surface area contributed by atoms with Gasteiger partial charge in [0, 0.05) is 0 Å². The van der Waals surface area contributed by atoms with Crippen LogP contribution in [0.1, 0.15) is 41.6 Å². The van der Waals surface area contributed by atoms with Crippen LogP contribution in [-0.4, -0.2) is 21.1 Å². The van der Waals surface area contributed by atoms with E-state index >= 15 is 0 Å². The molecule has 0 saturated heterocycles. The molecule has 23 heavy (non-hydrogen) atoms. The number of H-pyrrole nitrogens is 2. The fourth-order valence-electron chi connectivity index (χ4n) is 2.13. The van der Waals surface area contributed by atoms with Crippen molar-refractivity contribution >= 4 is 5.91 Å². The Kier molecular flexibility index (Phi) is 4.57. The van der Waals surface area contributed by atoms with Crippen LogP contribution in [0.3, 0.4) is 0 Å². The molecule has 2 rings (SSSR count). The van der Waals surface area contributed by atoms with E-state index in [0.717, 1.165) is 12.1 Å². The molecule has 2 aromatic rings. The quantitative estimate of drug-likeness (QED) is 0.804. The Labute approximate surface area is 129 Å². The molecule has 0 radical (unpaired) electrons. The van der Waals surface area contributed by atoms with E-state index in [-0.39, 0.29) is 11.7 Å². The van der Waals surface area contributed by atoms with Crippen molar-refractivity contribution in [2.45, 2.75) is 26.1 Å². The van der Waals surface area contributed by atoms with Crippen molar-refractivity contribution < 1.29 is 18.0 Å². The molecule has 0 aliphatic carbocycles. The highest BCUT2D eigenvalue weighted by molar-refractivity contribution is 5.90. The van der Waals surface area contributed by atoms with Gasteiger partial charge in [0.05, 0.1) is 11.6 Å². The van der Waals surface area contributed by atoms with Crippen molar-refractivity contribution in [2.75, 3.05) is 0 Å². The molecular weight excluding hydrogens is 313 g/mol. The van der Waals surface area contributed by atoms with E-state index in [1.807, 2.05) is 0 Å². The van der Waals surface area contributed by atoms with Gasteiger partial charge in [-0.2, -0.15) is 13.2 Å². The van der Waals surface area contributed by atoms with Gasteiger partial charge in [-0.25, -0.2) is 9.89 Å². The topological polar surface area (TPSA) is 90.6 Å². The molecule has 1 aromatic carbocycles. The number of aromatic amines is 2. The summed E-state index contributed by atoms with van der Waals surface area (Å²) in [6, 6.07) is 4.10. The Balaban J connectivity index is 2.29. The summed E-state index contributed by atoms with van der Waals surface area (Å²) >= 11 is 0. The first-order chi connectivity index (χ1) is 10.7. The number of hydrogen-bond acceptors (Lipinski definition) is 3. The number of aromatic nitrogens is 3. The third-order valence-corrected chi connectivity index (χ3v) is 3.24. The molecule has 0 saturated carbocycles. The molecule has 0 spiro atoms. The molecule has 124 valence electrons. The van der Waals surface area contributed by atoms with Crippen LogP contribution < -0.4 is 11.0 Å². The van der Waals surface area contributed by atoms with Gasteiger partial charge in [-0.15, -0.1) is 5.10 Å². The van der Waals surface area contributed by atoms with Crippen molar-refractivity contribution in [1.82, 2.24) is 20.5 Å². The Morgan fingerprint density at radius 2 is 2.00 bits per heavy atom. The van der Waals surface area contributed by atoms with Crippen LogP contribution in [0.25, 0.3) is 0 Å². The van der Waals surface area contributed by atoms with Gasteiger partial charge >= 0.3 is 11.9 Å². The third kappa shape index (κ3) is 3.99. The largest absolute Gasteiger partial charge is 0.416 e. The summed E-state index contributed by atoms with van der Waals surface area (Å²) in [7, 11) is 0. The van der Waals surface area contributed by atoms with Crippen LogP contribution >= 0.6 is 0 Å². The van der Waals surface area contributed by atoms with Gasteiger partial charge in [0.25, 0.3) is 5.91 Å². The van der Waals surface area contributed by atoms with E-state index in [4.69, 9.17) is 0 Å². The average molecular weight is 328 g/mol. The molecule has 6 nitrogen and oxygen atoms in total. The summed E-state index contributed by atoms with van der Waals surface area (Å²) < 4.78 is 38.5. The van der Waals surface area contributed by atoms with Crippen LogP contribution in [0.5, 0.6) is 0 Å². The van der Waals surface area contributed by atoms with E-state index in [2.05, 4.69) is 20.5 Å². The molecule has 1 aromatic heterocycles. The lowest BCUT2D eigenvalue weighted by Gasteiger charge is -2.23. The number of halogens is 3. The van der Waals surface area contributed by atoms with Crippen molar-refractivity contribution in [1.29, 1.82) is 0 Å². The molecule has 0 unspecified atom stereocenters. The highest BCUT2D eigenvalue weighted by atomic mass is 19.4. The number of rotatable bonds is 4. The number of hydrogen-bond donors (Lipinski definition) is 3. The molecule has 1 atom stereocenters. The molecule has 9 heteroatoms. The maximum absolute atomic E-state index is 12.8. The molecule has 1 heterocycles. The Hall–Kier alpha value is -2.58. The maximum atomic E-state index is 12.8. The lowest BCUT2D eigenvalue weighted by Crippen LogP contribution is -2.32. The van der Waals surface area contributed by atoms with Crippen LogP contribution in [0.4, 0.5) is 13.2 Å². The van der Waals surface area contributed by atoms with Gasteiger partial charge in [-0.1, -0.05) is 26.0 Å². The predicted molar refractivity (Wildman–Crippen MR) is 75.7 cm³/mol. The van der Waals surface area contributed by atoms with Gasteiger partial charge in [-0.05, 0) is 23.6 Å². The highest BCUT2D eigenvalue weighted by Gasteiger charge is 2.31. The molecule has 0 aliphatic heterocycles.